The minimum absolute atomic E-state index is 0.534. The summed E-state index contributed by atoms with van der Waals surface area (Å²) in [5, 5.41) is 18.4. The highest BCUT2D eigenvalue weighted by molar-refractivity contribution is 5.99. The maximum atomic E-state index is 10.9. The lowest BCUT2D eigenvalue weighted by Crippen LogP contribution is -2.21. The number of aliphatic carboxylic acids is 2. The van der Waals surface area contributed by atoms with E-state index in [1.807, 2.05) is 24.3 Å². The van der Waals surface area contributed by atoms with Crippen molar-refractivity contribution in [3.63, 3.8) is 0 Å². The number of hydrogen-bond donors (Lipinski definition) is 3. The molecule has 1 aromatic carbocycles. The van der Waals surface area contributed by atoms with Crippen LogP contribution >= 0.6 is 0 Å². The number of para-hydroxylation sites is 1. The van der Waals surface area contributed by atoms with E-state index in [1.54, 1.807) is 6.20 Å². The highest BCUT2D eigenvalue weighted by Gasteiger charge is 2.19. The van der Waals surface area contributed by atoms with Gasteiger partial charge in [0, 0.05) is 28.9 Å². The summed E-state index contributed by atoms with van der Waals surface area (Å²) in [4.78, 5) is 28.3. The van der Waals surface area contributed by atoms with E-state index in [9.17, 15) is 9.59 Å². The molecule has 0 aliphatic rings. The molecule has 0 radical (unpaired) electrons. The third-order valence-corrected chi connectivity index (χ3v) is 2.67. The van der Waals surface area contributed by atoms with Gasteiger partial charge in [-0.25, -0.2) is 4.79 Å². The van der Waals surface area contributed by atoms with Gasteiger partial charge in [0.1, 0.15) is 0 Å². The lowest BCUT2D eigenvalue weighted by Gasteiger charge is -2.02. The summed E-state index contributed by atoms with van der Waals surface area (Å²) in [6, 6.07) is 6.23. The zero-order chi connectivity index (χ0) is 13.8. The van der Waals surface area contributed by atoms with Crippen molar-refractivity contribution >= 4 is 29.1 Å². The fourth-order valence-corrected chi connectivity index (χ4v) is 1.74. The zero-order valence-corrected chi connectivity index (χ0v) is 9.91. The van der Waals surface area contributed by atoms with E-state index in [2.05, 4.69) is 9.98 Å². The molecule has 2 rings (SSSR count). The van der Waals surface area contributed by atoms with Crippen LogP contribution < -0.4 is 0 Å². The molecule has 0 saturated carbocycles. The molecule has 6 nitrogen and oxygen atoms in total. The number of benzene rings is 1. The first kappa shape index (κ1) is 12.8. The predicted molar refractivity (Wildman–Crippen MR) is 69.6 cm³/mol. The van der Waals surface area contributed by atoms with Crippen LogP contribution in [0.2, 0.25) is 0 Å². The van der Waals surface area contributed by atoms with Crippen LogP contribution in [-0.4, -0.2) is 39.4 Å². The van der Waals surface area contributed by atoms with Crippen LogP contribution in [0.3, 0.4) is 0 Å². The molecule has 0 bridgehead atoms. The molecule has 0 aliphatic carbocycles. The summed E-state index contributed by atoms with van der Waals surface area (Å²) in [7, 11) is 0. The van der Waals surface area contributed by atoms with Crippen molar-refractivity contribution in [2.75, 3.05) is 0 Å². The molecule has 3 N–H and O–H groups in total. The number of fused-ring (bicyclic) bond motifs is 1. The second-order valence-corrected chi connectivity index (χ2v) is 4.02. The summed E-state index contributed by atoms with van der Waals surface area (Å²) in [5.41, 5.74) is 1.64. The van der Waals surface area contributed by atoms with E-state index in [4.69, 9.17) is 10.2 Å². The highest BCUT2D eigenvalue weighted by Crippen LogP contribution is 2.16. The Morgan fingerprint density at radius 3 is 2.74 bits per heavy atom. The van der Waals surface area contributed by atoms with Crippen molar-refractivity contribution < 1.29 is 19.8 Å². The van der Waals surface area contributed by atoms with Crippen LogP contribution in [0, 0.1) is 0 Å². The van der Waals surface area contributed by atoms with Crippen LogP contribution in [0.4, 0.5) is 0 Å². The molecule has 98 valence electrons. The highest BCUT2D eigenvalue weighted by atomic mass is 16.4. The van der Waals surface area contributed by atoms with Crippen LogP contribution in [-0.2, 0) is 9.59 Å². The Bertz CT molecular complexity index is 645. The van der Waals surface area contributed by atoms with Gasteiger partial charge in [0.2, 0.25) is 0 Å². The molecule has 0 saturated heterocycles. The van der Waals surface area contributed by atoms with Crippen molar-refractivity contribution in [3.05, 3.63) is 36.0 Å². The number of aromatic amines is 1. The summed E-state index contributed by atoms with van der Waals surface area (Å²) < 4.78 is 0. The minimum Gasteiger partial charge on any atom is -0.481 e. The molecular weight excluding hydrogens is 248 g/mol. The van der Waals surface area contributed by atoms with Gasteiger partial charge in [-0.2, -0.15) is 0 Å². The molecule has 0 aliphatic heterocycles. The van der Waals surface area contributed by atoms with Gasteiger partial charge in [0.15, 0.2) is 6.04 Å². The van der Waals surface area contributed by atoms with Crippen molar-refractivity contribution in [1.82, 2.24) is 4.98 Å². The Kier molecular flexibility index (Phi) is 3.61. The monoisotopic (exact) mass is 260 g/mol. The topological polar surface area (TPSA) is 103 Å². The molecule has 1 aromatic heterocycles. The van der Waals surface area contributed by atoms with Gasteiger partial charge in [0.25, 0.3) is 0 Å². The lowest BCUT2D eigenvalue weighted by molar-refractivity contribution is -0.144. The van der Waals surface area contributed by atoms with E-state index in [0.717, 1.165) is 16.5 Å². The van der Waals surface area contributed by atoms with E-state index in [0.29, 0.717) is 0 Å². The zero-order valence-electron chi connectivity index (χ0n) is 9.91. The average Bonchev–Trinajstić information content (AvgIpc) is 2.77. The second kappa shape index (κ2) is 5.34. The van der Waals surface area contributed by atoms with Crippen LogP contribution in [0.1, 0.15) is 12.0 Å². The normalized spacial score (nSPS) is 12.8. The molecule has 1 unspecified atom stereocenters. The summed E-state index contributed by atoms with van der Waals surface area (Å²) >= 11 is 0. The lowest BCUT2D eigenvalue weighted by atomic mass is 10.2. The van der Waals surface area contributed by atoms with Crippen molar-refractivity contribution in [2.45, 2.75) is 12.5 Å². The SMILES string of the molecule is O=C(O)CC(N=Cc1c[nH]c2ccccc12)C(=O)O. The third kappa shape index (κ3) is 2.98. The third-order valence-electron chi connectivity index (χ3n) is 2.67. The molecule has 1 heterocycles. The molecule has 0 amide bonds. The average molecular weight is 260 g/mol. The number of hydrogen-bond acceptors (Lipinski definition) is 3. The number of carboxylic acids is 2. The maximum absolute atomic E-state index is 10.9. The second-order valence-electron chi connectivity index (χ2n) is 4.02. The van der Waals surface area contributed by atoms with Gasteiger partial charge in [-0.1, -0.05) is 18.2 Å². The molecule has 6 heteroatoms. The Morgan fingerprint density at radius 1 is 1.32 bits per heavy atom. The van der Waals surface area contributed by atoms with Gasteiger partial charge < -0.3 is 15.2 Å². The van der Waals surface area contributed by atoms with Crippen molar-refractivity contribution in [2.24, 2.45) is 4.99 Å². The van der Waals surface area contributed by atoms with Crippen LogP contribution in [0.5, 0.6) is 0 Å². The van der Waals surface area contributed by atoms with Crippen LogP contribution in [0.15, 0.2) is 35.5 Å². The Morgan fingerprint density at radius 2 is 2.05 bits per heavy atom. The van der Waals surface area contributed by atoms with Gasteiger partial charge in [-0.3, -0.25) is 9.79 Å². The molecule has 0 spiro atoms. The quantitative estimate of drug-likeness (QED) is 0.709. The first-order valence-electron chi connectivity index (χ1n) is 5.62. The Labute approximate surface area is 108 Å². The molecule has 2 aromatic rings. The first-order chi connectivity index (χ1) is 9.08. The number of carbonyl (C=O) groups is 2. The number of nitrogens with zero attached hydrogens (tertiary/aromatic N) is 1. The molecule has 1 atom stereocenters. The fraction of sp³-hybridized carbons (Fsp3) is 0.154. The van der Waals surface area contributed by atoms with Crippen molar-refractivity contribution in [1.29, 1.82) is 0 Å². The number of rotatable bonds is 5. The Hall–Kier alpha value is -2.63. The largest absolute Gasteiger partial charge is 0.481 e. The predicted octanol–water partition coefficient (Wildman–Crippen LogP) is 1.51. The number of H-pyrrole nitrogens is 1. The number of carboxylic acid groups (broad SMARTS) is 2. The van der Waals surface area contributed by atoms with Gasteiger partial charge in [-0.05, 0) is 6.07 Å². The van der Waals surface area contributed by atoms with E-state index in [-0.39, 0.29) is 0 Å². The van der Waals surface area contributed by atoms with Gasteiger partial charge in [-0.15, -0.1) is 0 Å². The van der Waals surface area contributed by atoms with Crippen molar-refractivity contribution in [3.8, 4) is 0 Å². The summed E-state index contributed by atoms with van der Waals surface area (Å²) in [6.45, 7) is 0. The Balaban J connectivity index is 2.25. The molecular formula is C13H12N2O4. The maximum Gasteiger partial charge on any atom is 0.329 e. The standard InChI is InChI=1S/C13H12N2O4/c16-12(17)5-11(13(18)19)15-7-8-6-14-10-4-2-1-3-9(8)10/h1-4,6-7,11,14H,5H2,(H,16,17)(H,18,19). The minimum atomic E-state index is -1.27. The van der Waals surface area contributed by atoms with Gasteiger partial charge >= 0.3 is 11.9 Å². The fourth-order valence-electron chi connectivity index (χ4n) is 1.74. The van der Waals surface area contributed by atoms with Crippen LogP contribution in [0.25, 0.3) is 10.9 Å². The molecule has 19 heavy (non-hydrogen) atoms. The van der Waals surface area contributed by atoms with E-state index < -0.39 is 24.4 Å². The summed E-state index contributed by atoms with van der Waals surface area (Å²) in [5.74, 6) is -2.44. The number of aliphatic imine (C=N–C) groups is 1. The molecule has 0 fully saturated rings. The number of aromatic nitrogens is 1. The number of nitrogens with one attached hydrogen (secondary N) is 1. The first-order valence-corrected chi connectivity index (χ1v) is 5.62. The van der Waals surface area contributed by atoms with E-state index in [1.165, 1.54) is 6.21 Å². The summed E-state index contributed by atoms with van der Waals surface area (Å²) in [6.07, 6.45) is 2.56. The smallest absolute Gasteiger partial charge is 0.329 e. The van der Waals surface area contributed by atoms with Gasteiger partial charge in [0.05, 0.1) is 6.42 Å². The van der Waals surface area contributed by atoms with E-state index >= 15 is 0 Å².